The Labute approximate surface area is 80.9 Å². The minimum Gasteiger partial charge on any atom is -0.481 e. The summed E-state index contributed by atoms with van der Waals surface area (Å²) in [5, 5.41) is 8.46. The van der Waals surface area contributed by atoms with Gasteiger partial charge in [-0.3, -0.25) is 14.6 Å². The molecule has 0 atom stereocenters. The third-order valence-corrected chi connectivity index (χ3v) is 2.09. The number of aromatic amines is 1. The third kappa shape index (κ3) is 2.28. The second-order valence-electron chi connectivity index (χ2n) is 2.28. The fourth-order valence-electron chi connectivity index (χ4n) is 0.785. The molecule has 0 amide bonds. The van der Waals surface area contributed by atoms with Crippen molar-refractivity contribution in [3.05, 3.63) is 20.5 Å². The van der Waals surface area contributed by atoms with Crippen LogP contribution in [0, 0.1) is 0 Å². The molecular formula is C6H6BrN3O3. The zero-order chi connectivity index (χ0) is 10.0. The molecule has 0 fully saturated rings. The van der Waals surface area contributed by atoms with Crippen molar-refractivity contribution in [2.75, 3.05) is 5.73 Å². The number of hydrogen-bond donors (Lipinski definition) is 3. The number of rotatable bonds is 2. The fraction of sp³-hybridized carbons (Fsp3) is 0.167. The standard InChI is InChI=1S/C6H6BrN3O3/c7-4-2(1-3(11)12)9-6(8)10-5(4)13/h1H2,(H,11,12)(H3,8,9,10,13). The van der Waals surface area contributed by atoms with E-state index in [4.69, 9.17) is 10.8 Å². The van der Waals surface area contributed by atoms with Crippen LogP contribution in [-0.4, -0.2) is 21.0 Å². The maximum atomic E-state index is 11.0. The number of nitrogens with zero attached hydrogens (tertiary/aromatic N) is 1. The van der Waals surface area contributed by atoms with Crippen LogP contribution in [0.15, 0.2) is 9.27 Å². The normalized spacial score (nSPS) is 9.92. The third-order valence-electron chi connectivity index (χ3n) is 1.27. The van der Waals surface area contributed by atoms with Gasteiger partial charge in [0.05, 0.1) is 12.1 Å². The molecule has 7 heteroatoms. The lowest BCUT2D eigenvalue weighted by Crippen LogP contribution is -2.16. The van der Waals surface area contributed by atoms with Gasteiger partial charge in [0.15, 0.2) is 0 Å². The monoisotopic (exact) mass is 247 g/mol. The molecule has 70 valence electrons. The first-order chi connectivity index (χ1) is 6.00. The van der Waals surface area contributed by atoms with Crippen LogP contribution in [-0.2, 0) is 11.2 Å². The number of H-pyrrole nitrogens is 1. The van der Waals surface area contributed by atoms with E-state index in [1.54, 1.807) is 0 Å². The average molecular weight is 248 g/mol. The van der Waals surface area contributed by atoms with Crippen LogP contribution in [0.4, 0.5) is 5.95 Å². The van der Waals surface area contributed by atoms with Gasteiger partial charge < -0.3 is 10.8 Å². The highest BCUT2D eigenvalue weighted by Crippen LogP contribution is 2.09. The highest BCUT2D eigenvalue weighted by molar-refractivity contribution is 9.10. The van der Waals surface area contributed by atoms with Crippen molar-refractivity contribution in [2.24, 2.45) is 0 Å². The lowest BCUT2D eigenvalue weighted by atomic mass is 10.3. The number of halogens is 1. The van der Waals surface area contributed by atoms with Crippen LogP contribution < -0.4 is 11.3 Å². The zero-order valence-corrected chi connectivity index (χ0v) is 7.96. The molecule has 0 radical (unpaired) electrons. The van der Waals surface area contributed by atoms with Crippen LogP contribution in [0.1, 0.15) is 5.69 Å². The van der Waals surface area contributed by atoms with Gasteiger partial charge in [-0.1, -0.05) is 0 Å². The summed E-state index contributed by atoms with van der Waals surface area (Å²) in [4.78, 5) is 27.2. The Bertz CT molecular complexity index is 401. The van der Waals surface area contributed by atoms with Crippen molar-refractivity contribution in [2.45, 2.75) is 6.42 Å². The second-order valence-corrected chi connectivity index (χ2v) is 3.08. The van der Waals surface area contributed by atoms with Crippen molar-refractivity contribution >= 4 is 27.8 Å². The Morgan fingerprint density at radius 3 is 2.85 bits per heavy atom. The van der Waals surface area contributed by atoms with E-state index in [-0.39, 0.29) is 22.5 Å². The van der Waals surface area contributed by atoms with Gasteiger partial charge >= 0.3 is 5.97 Å². The summed E-state index contributed by atoms with van der Waals surface area (Å²) in [6, 6.07) is 0. The van der Waals surface area contributed by atoms with Crippen molar-refractivity contribution < 1.29 is 9.90 Å². The largest absolute Gasteiger partial charge is 0.481 e. The molecule has 0 unspecified atom stereocenters. The first-order valence-electron chi connectivity index (χ1n) is 3.26. The molecule has 4 N–H and O–H groups in total. The van der Waals surface area contributed by atoms with Crippen LogP contribution in [0.5, 0.6) is 0 Å². The lowest BCUT2D eigenvalue weighted by molar-refractivity contribution is -0.136. The summed E-state index contributed by atoms with van der Waals surface area (Å²) in [5.41, 5.74) is 4.86. The fourth-order valence-corrected chi connectivity index (χ4v) is 1.11. The molecule has 1 aromatic rings. The number of nitrogens with two attached hydrogens (primary N) is 1. The minimum atomic E-state index is -1.07. The van der Waals surface area contributed by atoms with E-state index in [2.05, 4.69) is 25.9 Å². The van der Waals surface area contributed by atoms with Gasteiger partial charge in [-0.2, -0.15) is 0 Å². The summed E-state index contributed by atoms with van der Waals surface area (Å²) in [6.45, 7) is 0. The first kappa shape index (κ1) is 9.72. The molecule has 1 rings (SSSR count). The van der Waals surface area contributed by atoms with Crippen LogP contribution in [0.25, 0.3) is 0 Å². The first-order valence-corrected chi connectivity index (χ1v) is 4.06. The topological polar surface area (TPSA) is 109 Å². The number of carboxylic acids is 1. The molecule has 1 heterocycles. The van der Waals surface area contributed by atoms with Gasteiger partial charge in [-0.25, -0.2) is 4.98 Å². The summed E-state index contributed by atoms with van der Waals surface area (Å²) in [6.07, 6.45) is -0.339. The number of aromatic nitrogens is 2. The number of hydrogen-bond acceptors (Lipinski definition) is 4. The molecule has 1 aromatic heterocycles. The molecule has 0 aliphatic heterocycles. The van der Waals surface area contributed by atoms with Gasteiger partial charge in [-0.05, 0) is 15.9 Å². The Morgan fingerprint density at radius 1 is 1.69 bits per heavy atom. The Morgan fingerprint density at radius 2 is 2.31 bits per heavy atom. The summed E-state index contributed by atoms with van der Waals surface area (Å²) in [7, 11) is 0. The van der Waals surface area contributed by atoms with E-state index < -0.39 is 11.5 Å². The predicted octanol–water partition coefficient (Wildman–Crippen LogP) is -0.258. The number of nitrogens with one attached hydrogen (secondary N) is 1. The van der Waals surface area contributed by atoms with Crippen molar-refractivity contribution in [1.82, 2.24) is 9.97 Å². The Balaban J connectivity index is 3.20. The van der Waals surface area contributed by atoms with E-state index in [0.29, 0.717) is 0 Å². The number of aliphatic carboxylic acids is 1. The maximum absolute atomic E-state index is 11.0. The van der Waals surface area contributed by atoms with Crippen molar-refractivity contribution in [1.29, 1.82) is 0 Å². The molecule has 0 aliphatic carbocycles. The second kappa shape index (κ2) is 3.56. The van der Waals surface area contributed by atoms with E-state index in [1.807, 2.05) is 0 Å². The number of anilines is 1. The summed E-state index contributed by atoms with van der Waals surface area (Å²) in [5.74, 6) is -1.16. The summed E-state index contributed by atoms with van der Waals surface area (Å²) >= 11 is 2.92. The van der Waals surface area contributed by atoms with Gasteiger partial charge in [-0.15, -0.1) is 0 Å². The predicted molar refractivity (Wildman–Crippen MR) is 48.3 cm³/mol. The summed E-state index contributed by atoms with van der Waals surface area (Å²) < 4.78 is 0.101. The molecule has 0 bridgehead atoms. The lowest BCUT2D eigenvalue weighted by Gasteiger charge is -2.00. The number of carbonyl (C=O) groups is 1. The Hall–Kier alpha value is -1.37. The molecule has 0 aromatic carbocycles. The van der Waals surface area contributed by atoms with Gasteiger partial charge in [0.2, 0.25) is 5.95 Å². The highest BCUT2D eigenvalue weighted by Gasteiger charge is 2.10. The number of nitrogen functional groups attached to an aromatic ring is 1. The molecular weight excluding hydrogens is 242 g/mol. The molecule has 0 saturated carbocycles. The van der Waals surface area contributed by atoms with E-state index >= 15 is 0 Å². The molecule has 0 spiro atoms. The average Bonchev–Trinajstić information content (AvgIpc) is 1.98. The maximum Gasteiger partial charge on any atom is 0.309 e. The van der Waals surface area contributed by atoms with Crippen LogP contribution >= 0.6 is 15.9 Å². The minimum absolute atomic E-state index is 0.0931. The van der Waals surface area contributed by atoms with Gasteiger partial charge in [0.1, 0.15) is 4.47 Å². The molecule has 0 aliphatic rings. The SMILES string of the molecule is Nc1nc(CC(=O)O)c(Br)c(=O)[nH]1. The molecule has 0 saturated heterocycles. The smallest absolute Gasteiger partial charge is 0.309 e. The Kier molecular flexibility index (Phi) is 2.66. The van der Waals surface area contributed by atoms with Gasteiger partial charge in [0.25, 0.3) is 5.56 Å². The van der Waals surface area contributed by atoms with E-state index in [1.165, 1.54) is 0 Å². The van der Waals surface area contributed by atoms with E-state index in [0.717, 1.165) is 0 Å². The zero-order valence-electron chi connectivity index (χ0n) is 6.37. The van der Waals surface area contributed by atoms with Crippen LogP contribution in [0.3, 0.4) is 0 Å². The van der Waals surface area contributed by atoms with Crippen molar-refractivity contribution in [3.8, 4) is 0 Å². The van der Waals surface area contributed by atoms with Crippen molar-refractivity contribution in [3.63, 3.8) is 0 Å². The quantitative estimate of drug-likeness (QED) is 0.668. The van der Waals surface area contributed by atoms with Crippen LogP contribution in [0.2, 0.25) is 0 Å². The number of carboxylic acid groups (broad SMARTS) is 1. The van der Waals surface area contributed by atoms with Gasteiger partial charge in [0, 0.05) is 0 Å². The molecule has 6 nitrogen and oxygen atoms in total. The molecule has 13 heavy (non-hydrogen) atoms. The van der Waals surface area contributed by atoms with E-state index in [9.17, 15) is 9.59 Å². The highest BCUT2D eigenvalue weighted by atomic mass is 79.9.